The van der Waals surface area contributed by atoms with E-state index in [0.29, 0.717) is 28.2 Å². The number of hydrogen-bond acceptors (Lipinski definition) is 4. The van der Waals surface area contributed by atoms with Gasteiger partial charge in [0, 0.05) is 30.1 Å². The number of rotatable bonds is 4. The van der Waals surface area contributed by atoms with Crippen LogP contribution in [0.5, 0.6) is 5.88 Å². The van der Waals surface area contributed by atoms with Gasteiger partial charge in [-0.25, -0.2) is 9.07 Å². The van der Waals surface area contributed by atoms with Crippen molar-refractivity contribution >= 4 is 16.9 Å². The molecular weight excluding hydrogens is 404 g/mol. The van der Waals surface area contributed by atoms with Gasteiger partial charge < -0.3 is 9.64 Å². The summed E-state index contributed by atoms with van der Waals surface area (Å²) in [5.41, 5.74) is 0.645. The highest BCUT2D eigenvalue weighted by atomic mass is 19.4. The number of amides is 1. The van der Waals surface area contributed by atoms with Gasteiger partial charge in [-0.15, -0.1) is 0 Å². The Balaban J connectivity index is 1.73. The molecule has 3 aromatic rings. The molecular formula is C20H16F4N4O2. The van der Waals surface area contributed by atoms with Crippen LogP contribution in [0, 0.1) is 0 Å². The number of pyridine rings is 1. The van der Waals surface area contributed by atoms with Crippen molar-refractivity contribution < 1.29 is 27.1 Å². The Labute approximate surface area is 168 Å². The molecule has 0 N–H and O–H groups in total. The Morgan fingerprint density at radius 2 is 1.83 bits per heavy atom. The lowest BCUT2D eigenvalue weighted by molar-refractivity contribution is -0.137. The van der Waals surface area contributed by atoms with Crippen molar-refractivity contribution in [1.29, 1.82) is 0 Å². The SMILES string of the molecule is C=C(F)C(=O)N1CC(n2nc(-c3ccc(C(F)(F)F)cc3)c3ccc(OC)nc32)C1. The quantitative estimate of drug-likeness (QED) is 0.473. The van der Waals surface area contributed by atoms with Gasteiger partial charge in [-0.3, -0.25) is 4.79 Å². The monoisotopic (exact) mass is 420 g/mol. The summed E-state index contributed by atoms with van der Waals surface area (Å²) in [6, 6.07) is 7.78. The van der Waals surface area contributed by atoms with Crippen molar-refractivity contribution in [1.82, 2.24) is 19.7 Å². The summed E-state index contributed by atoms with van der Waals surface area (Å²) in [5, 5.41) is 5.17. The molecule has 0 atom stereocenters. The number of benzene rings is 1. The van der Waals surface area contributed by atoms with Gasteiger partial charge in [0.05, 0.1) is 18.7 Å². The highest BCUT2D eigenvalue weighted by Crippen LogP contribution is 2.35. The molecule has 30 heavy (non-hydrogen) atoms. The number of carbonyl (C=O) groups is 1. The molecule has 1 amide bonds. The largest absolute Gasteiger partial charge is 0.481 e. The maximum Gasteiger partial charge on any atom is 0.416 e. The number of ether oxygens (including phenoxy) is 1. The van der Waals surface area contributed by atoms with Crippen LogP contribution in [0.25, 0.3) is 22.3 Å². The first-order valence-electron chi connectivity index (χ1n) is 8.93. The number of fused-ring (bicyclic) bond motifs is 1. The Morgan fingerprint density at radius 1 is 1.17 bits per heavy atom. The van der Waals surface area contributed by atoms with Gasteiger partial charge in [-0.05, 0) is 18.2 Å². The van der Waals surface area contributed by atoms with Crippen LogP contribution in [0.1, 0.15) is 11.6 Å². The lowest BCUT2D eigenvalue weighted by atomic mass is 10.1. The second kappa shape index (κ2) is 7.12. The normalized spacial score (nSPS) is 14.6. The Morgan fingerprint density at radius 3 is 2.40 bits per heavy atom. The number of carbonyl (C=O) groups excluding carboxylic acids is 1. The summed E-state index contributed by atoms with van der Waals surface area (Å²) >= 11 is 0. The van der Waals surface area contributed by atoms with Crippen molar-refractivity contribution in [2.24, 2.45) is 0 Å². The molecule has 0 spiro atoms. The summed E-state index contributed by atoms with van der Waals surface area (Å²) in [6.07, 6.45) is -4.43. The van der Waals surface area contributed by atoms with Crippen LogP contribution < -0.4 is 4.74 Å². The lowest BCUT2D eigenvalue weighted by Crippen LogP contribution is -2.51. The third kappa shape index (κ3) is 3.38. The minimum Gasteiger partial charge on any atom is -0.481 e. The standard InChI is InChI=1S/C20H16F4N4O2/c1-11(21)19(29)27-9-14(10-27)28-18-15(7-8-16(25-18)30-2)17(26-28)12-3-5-13(6-4-12)20(22,23)24/h3-8,14H,1,9-10H2,2H3. The average Bonchev–Trinajstić information content (AvgIpc) is 3.04. The summed E-state index contributed by atoms with van der Waals surface area (Å²) < 4.78 is 58.4. The molecule has 1 aliphatic rings. The van der Waals surface area contributed by atoms with Gasteiger partial charge in [0.1, 0.15) is 5.69 Å². The molecule has 6 nitrogen and oxygen atoms in total. The van der Waals surface area contributed by atoms with Gasteiger partial charge in [0.2, 0.25) is 5.88 Å². The Hall–Kier alpha value is -3.43. The van der Waals surface area contributed by atoms with Crippen LogP contribution in [-0.4, -0.2) is 45.8 Å². The highest BCUT2D eigenvalue weighted by molar-refractivity contribution is 5.92. The molecule has 3 heterocycles. The fourth-order valence-corrected chi connectivity index (χ4v) is 3.35. The van der Waals surface area contributed by atoms with E-state index in [1.165, 1.54) is 24.1 Å². The zero-order valence-corrected chi connectivity index (χ0v) is 15.8. The lowest BCUT2D eigenvalue weighted by Gasteiger charge is -2.38. The van der Waals surface area contributed by atoms with E-state index in [0.717, 1.165) is 12.1 Å². The number of halogens is 4. The first-order valence-corrected chi connectivity index (χ1v) is 8.93. The number of alkyl halides is 3. The molecule has 10 heteroatoms. The molecule has 0 bridgehead atoms. The van der Waals surface area contributed by atoms with Crippen molar-refractivity contribution in [2.75, 3.05) is 20.2 Å². The maximum atomic E-state index is 13.1. The van der Waals surface area contributed by atoms with Gasteiger partial charge >= 0.3 is 6.18 Å². The van der Waals surface area contributed by atoms with Gasteiger partial charge in [-0.2, -0.15) is 23.3 Å². The molecule has 0 aliphatic carbocycles. The second-order valence-corrected chi connectivity index (χ2v) is 6.86. The predicted octanol–water partition coefficient (Wildman–Crippen LogP) is 3.99. The van der Waals surface area contributed by atoms with Crippen molar-refractivity contribution in [2.45, 2.75) is 12.2 Å². The van der Waals surface area contributed by atoms with Gasteiger partial charge in [0.15, 0.2) is 11.5 Å². The van der Waals surface area contributed by atoms with E-state index >= 15 is 0 Å². The predicted molar refractivity (Wildman–Crippen MR) is 100 cm³/mol. The molecule has 1 aromatic carbocycles. The summed E-state index contributed by atoms with van der Waals surface area (Å²) in [4.78, 5) is 17.4. The Kier molecular flexibility index (Phi) is 4.71. The summed E-state index contributed by atoms with van der Waals surface area (Å²) in [6.45, 7) is 3.43. The van der Waals surface area contributed by atoms with Crippen LogP contribution in [0.3, 0.4) is 0 Å². The van der Waals surface area contributed by atoms with E-state index < -0.39 is 23.5 Å². The fraction of sp³-hybridized carbons (Fsp3) is 0.250. The van der Waals surface area contributed by atoms with Crippen LogP contribution in [0.2, 0.25) is 0 Å². The smallest absolute Gasteiger partial charge is 0.416 e. The second-order valence-electron chi connectivity index (χ2n) is 6.86. The number of aromatic nitrogens is 3. The van der Waals surface area contributed by atoms with Gasteiger partial charge in [-0.1, -0.05) is 18.7 Å². The number of methoxy groups -OCH3 is 1. The molecule has 1 aliphatic heterocycles. The number of hydrogen-bond donors (Lipinski definition) is 0. The molecule has 0 unspecified atom stereocenters. The van der Waals surface area contributed by atoms with Crippen molar-refractivity contribution in [3.63, 3.8) is 0 Å². The zero-order valence-electron chi connectivity index (χ0n) is 15.8. The molecule has 4 rings (SSSR count). The first kappa shape index (κ1) is 19.9. The highest BCUT2D eigenvalue weighted by Gasteiger charge is 2.35. The zero-order chi connectivity index (χ0) is 21.6. The molecule has 1 saturated heterocycles. The minimum absolute atomic E-state index is 0.212. The molecule has 0 radical (unpaired) electrons. The molecule has 0 saturated carbocycles. The van der Waals surface area contributed by atoms with Crippen LogP contribution >= 0.6 is 0 Å². The molecule has 1 fully saturated rings. The number of likely N-dealkylation sites (tertiary alicyclic amines) is 1. The third-order valence-electron chi connectivity index (χ3n) is 4.95. The maximum absolute atomic E-state index is 13.1. The van der Waals surface area contributed by atoms with Crippen molar-refractivity contribution in [3.8, 4) is 17.1 Å². The topological polar surface area (TPSA) is 60.2 Å². The minimum atomic E-state index is -4.43. The average molecular weight is 420 g/mol. The van der Waals surface area contributed by atoms with E-state index in [4.69, 9.17) is 4.74 Å². The van der Waals surface area contributed by atoms with E-state index in [1.54, 1.807) is 16.8 Å². The first-order chi connectivity index (χ1) is 14.2. The van der Waals surface area contributed by atoms with E-state index in [1.807, 2.05) is 0 Å². The van der Waals surface area contributed by atoms with E-state index in [9.17, 15) is 22.4 Å². The number of nitrogens with zero attached hydrogens (tertiary/aromatic N) is 4. The van der Waals surface area contributed by atoms with Crippen LogP contribution in [0.4, 0.5) is 17.6 Å². The van der Waals surface area contributed by atoms with Crippen LogP contribution in [-0.2, 0) is 11.0 Å². The summed E-state index contributed by atoms with van der Waals surface area (Å²) in [5.74, 6) is -1.48. The third-order valence-corrected chi connectivity index (χ3v) is 4.95. The van der Waals surface area contributed by atoms with Crippen LogP contribution in [0.15, 0.2) is 48.8 Å². The van der Waals surface area contributed by atoms with E-state index in [-0.39, 0.29) is 19.1 Å². The van der Waals surface area contributed by atoms with E-state index in [2.05, 4.69) is 16.7 Å². The summed E-state index contributed by atoms with van der Waals surface area (Å²) in [7, 11) is 1.46. The van der Waals surface area contributed by atoms with Gasteiger partial charge in [0.25, 0.3) is 5.91 Å². The molecule has 2 aromatic heterocycles. The molecule has 156 valence electrons. The van der Waals surface area contributed by atoms with Crippen molar-refractivity contribution in [3.05, 3.63) is 54.4 Å². The fourth-order valence-electron chi connectivity index (χ4n) is 3.35. The Bertz CT molecular complexity index is 1130.